The normalized spacial score (nSPS) is 10.3. The first-order valence-corrected chi connectivity index (χ1v) is 5.66. The summed E-state index contributed by atoms with van der Waals surface area (Å²) in [5.41, 5.74) is 1.54. The zero-order chi connectivity index (χ0) is 13.1. The predicted molar refractivity (Wildman–Crippen MR) is 67.0 cm³/mol. The fourth-order valence-corrected chi connectivity index (χ4v) is 1.92. The number of aryl methyl sites for hydroxylation is 1. The number of para-hydroxylation sites is 1. The average molecular weight is 246 g/mol. The Kier molecular flexibility index (Phi) is 3.37. The van der Waals surface area contributed by atoms with E-state index in [0.29, 0.717) is 29.1 Å². The molecule has 1 N–H and O–H groups in total. The first kappa shape index (κ1) is 12.2. The molecular weight excluding hydrogens is 232 g/mol. The van der Waals surface area contributed by atoms with Gasteiger partial charge in [-0.25, -0.2) is 4.79 Å². The Morgan fingerprint density at radius 2 is 2.11 bits per heavy atom. The lowest BCUT2D eigenvalue weighted by Gasteiger charge is -2.06. The molecule has 0 atom stereocenters. The minimum absolute atomic E-state index is 0.210. The third-order valence-corrected chi connectivity index (χ3v) is 2.81. The van der Waals surface area contributed by atoms with Gasteiger partial charge in [-0.3, -0.25) is 0 Å². The van der Waals surface area contributed by atoms with Crippen molar-refractivity contribution in [2.75, 3.05) is 7.11 Å². The van der Waals surface area contributed by atoms with Gasteiger partial charge in [-0.15, -0.1) is 0 Å². The minimum atomic E-state index is -0.985. The van der Waals surface area contributed by atoms with Gasteiger partial charge in [0.05, 0.1) is 18.9 Å². The van der Waals surface area contributed by atoms with E-state index in [-0.39, 0.29) is 5.56 Å². The summed E-state index contributed by atoms with van der Waals surface area (Å²) < 4.78 is 10.6. The molecule has 1 heterocycles. The van der Waals surface area contributed by atoms with E-state index in [9.17, 15) is 9.90 Å². The number of furan rings is 1. The van der Waals surface area contributed by atoms with Crippen LogP contribution >= 0.6 is 0 Å². The highest BCUT2D eigenvalue weighted by Gasteiger charge is 2.22. The van der Waals surface area contributed by atoms with Crippen LogP contribution in [0.3, 0.4) is 0 Å². The maximum Gasteiger partial charge on any atom is 0.339 e. The van der Waals surface area contributed by atoms with Crippen molar-refractivity contribution in [1.82, 2.24) is 0 Å². The molecule has 0 aliphatic heterocycles. The number of hydrogen-bond donors (Lipinski definition) is 1. The second-order valence-corrected chi connectivity index (χ2v) is 3.82. The summed E-state index contributed by atoms with van der Waals surface area (Å²) in [6, 6.07) is 7.20. The summed E-state index contributed by atoms with van der Waals surface area (Å²) in [6.07, 6.45) is 2.10. The summed E-state index contributed by atoms with van der Waals surface area (Å²) in [7, 11) is 1.54. The van der Waals surface area contributed by atoms with Crippen molar-refractivity contribution in [3.63, 3.8) is 0 Å². The summed E-state index contributed by atoms with van der Waals surface area (Å²) >= 11 is 0. The topological polar surface area (TPSA) is 59.7 Å². The maximum atomic E-state index is 11.3. The van der Waals surface area contributed by atoms with Crippen LogP contribution in [0.2, 0.25) is 0 Å². The number of benzene rings is 1. The van der Waals surface area contributed by atoms with Gasteiger partial charge in [0, 0.05) is 5.56 Å². The number of rotatable bonds is 4. The van der Waals surface area contributed by atoms with E-state index in [0.717, 1.165) is 0 Å². The molecule has 0 unspecified atom stereocenters. The molecule has 0 amide bonds. The van der Waals surface area contributed by atoms with Gasteiger partial charge in [-0.1, -0.05) is 19.1 Å². The van der Waals surface area contributed by atoms with E-state index in [1.807, 2.05) is 19.1 Å². The van der Waals surface area contributed by atoms with Gasteiger partial charge in [-0.05, 0) is 18.6 Å². The largest absolute Gasteiger partial charge is 0.496 e. The molecule has 4 nitrogen and oxygen atoms in total. The Balaban J connectivity index is 2.64. The van der Waals surface area contributed by atoms with E-state index in [2.05, 4.69) is 0 Å². The molecule has 1 aromatic carbocycles. The van der Waals surface area contributed by atoms with Crippen molar-refractivity contribution in [2.45, 2.75) is 13.3 Å². The van der Waals surface area contributed by atoms with E-state index < -0.39 is 5.97 Å². The van der Waals surface area contributed by atoms with Crippen LogP contribution in [0.5, 0.6) is 5.75 Å². The predicted octanol–water partition coefficient (Wildman–Crippen LogP) is 3.22. The summed E-state index contributed by atoms with van der Waals surface area (Å²) in [5.74, 6) is -0.0460. The Morgan fingerprint density at radius 3 is 2.72 bits per heavy atom. The van der Waals surface area contributed by atoms with Crippen LogP contribution in [0.4, 0.5) is 0 Å². The average Bonchev–Trinajstić information content (AvgIpc) is 2.82. The zero-order valence-electron chi connectivity index (χ0n) is 10.3. The molecule has 1 aromatic heterocycles. The van der Waals surface area contributed by atoms with Crippen LogP contribution in [0.25, 0.3) is 11.3 Å². The second kappa shape index (κ2) is 4.96. The maximum absolute atomic E-state index is 11.3. The molecule has 18 heavy (non-hydrogen) atoms. The van der Waals surface area contributed by atoms with Gasteiger partial charge < -0.3 is 14.3 Å². The monoisotopic (exact) mass is 246 g/mol. The van der Waals surface area contributed by atoms with Crippen LogP contribution in [-0.4, -0.2) is 18.2 Å². The molecule has 0 saturated heterocycles. The summed E-state index contributed by atoms with van der Waals surface area (Å²) in [5, 5.41) is 9.29. The molecule has 0 radical (unpaired) electrons. The molecule has 4 heteroatoms. The van der Waals surface area contributed by atoms with Crippen molar-refractivity contribution in [1.29, 1.82) is 0 Å². The number of hydrogen-bond acceptors (Lipinski definition) is 3. The van der Waals surface area contributed by atoms with E-state index in [1.54, 1.807) is 19.2 Å². The number of carboxylic acids is 1. The van der Waals surface area contributed by atoms with E-state index in [1.165, 1.54) is 6.26 Å². The third-order valence-electron chi connectivity index (χ3n) is 2.81. The van der Waals surface area contributed by atoms with Crippen molar-refractivity contribution >= 4 is 5.97 Å². The first-order chi connectivity index (χ1) is 8.69. The summed E-state index contributed by atoms with van der Waals surface area (Å²) in [4.78, 5) is 11.3. The highest BCUT2D eigenvalue weighted by atomic mass is 16.5. The van der Waals surface area contributed by atoms with Crippen molar-refractivity contribution < 1.29 is 19.1 Å². The van der Waals surface area contributed by atoms with Crippen molar-refractivity contribution in [3.8, 4) is 17.1 Å². The molecule has 0 bridgehead atoms. The van der Waals surface area contributed by atoms with Crippen LogP contribution in [0, 0.1) is 0 Å². The summed E-state index contributed by atoms with van der Waals surface area (Å²) in [6.45, 7) is 1.89. The third kappa shape index (κ3) is 1.97. The fraction of sp³-hybridized carbons (Fsp3) is 0.214. The first-order valence-electron chi connectivity index (χ1n) is 5.66. The molecule has 0 saturated carbocycles. The molecule has 94 valence electrons. The Bertz CT molecular complexity index is 569. The molecule has 0 fully saturated rings. The van der Waals surface area contributed by atoms with Crippen LogP contribution in [-0.2, 0) is 6.42 Å². The van der Waals surface area contributed by atoms with E-state index >= 15 is 0 Å². The Morgan fingerprint density at radius 1 is 1.39 bits per heavy atom. The van der Waals surface area contributed by atoms with Crippen LogP contribution in [0.1, 0.15) is 22.8 Å². The molecule has 2 aromatic rings. The lowest BCUT2D eigenvalue weighted by atomic mass is 10.0. The van der Waals surface area contributed by atoms with Gasteiger partial charge in [0.2, 0.25) is 0 Å². The van der Waals surface area contributed by atoms with E-state index in [4.69, 9.17) is 9.15 Å². The highest BCUT2D eigenvalue weighted by Crippen LogP contribution is 2.34. The number of methoxy groups -OCH3 is 1. The number of carbonyl (C=O) groups is 1. The van der Waals surface area contributed by atoms with Crippen molar-refractivity contribution in [3.05, 3.63) is 41.7 Å². The van der Waals surface area contributed by atoms with Crippen LogP contribution < -0.4 is 4.74 Å². The Labute approximate surface area is 105 Å². The SMILES string of the molecule is CCc1coc(-c2ccccc2OC)c1C(=O)O. The standard InChI is InChI=1S/C14H14O4/c1-3-9-8-18-13(12(9)14(15)16)10-6-4-5-7-11(10)17-2/h4-8H,3H2,1-2H3,(H,15,16). The van der Waals surface area contributed by atoms with Gasteiger partial charge in [0.15, 0.2) is 5.76 Å². The highest BCUT2D eigenvalue weighted by molar-refractivity contribution is 5.96. The number of carboxylic acid groups (broad SMARTS) is 1. The lowest BCUT2D eigenvalue weighted by molar-refractivity contribution is 0.0696. The Hall–Kier alpha value is -2.23. The lowest BCUT2D eigenvalue weighted by Crippen LogP contribution is -2.01. The van der Waals surface area contributed by atoms with Crippen LogP contribution in [0.15, 0.2) is 34.9 Å². The second-order valence-electron chi connectivity index (χ2n) is 3.82. The zero-order valence-corrected chi connectivity index (χ0v) is 10.3. The number of aromatic carboxylic acids is 1. The van der Waals surface area contributed by atoms with Crippen molar-refractivity contribution in [2.24, 2.45) is 0 Å². The van der Waals surface area contributed by atoms with Gasteiger partial charge in [-0.2, -0.15) is 0 Å². The van der Waals surface area contributed by atoms with Gasteiger partial charge in [0.1, 0.15) is 11.3 Å². The molecule has 0 aliphatic rings. The molecule has 2 rings (SSSR count). The van der Waals surface area contributed by atoms with Gasteiger partial charge in [0.25, 0.3) is 0 Å². The molecule has 0 spiro atoms. The smallest absolute Gasteiger partial charge is 0.339 e. The molecular formula is C14H14O4. The molecule has 0 aliphatic carbocycles. The fourth-order valence-electron chi connectivity index (χ4n) is 1.92. The minimum Gasteiger partial charge on any atom is -0.496 e. The van der Waals surface area contributed by atoms with Gasteiger partial charge >= 0.3 is 5.97 Å². The number of ether oxygens (including phenoxy) is 1. The quantitative estimate of drug-likeness (QED) is 0.899.